The smallest absolute Gasteiger partial charge is 0.323 e. The maximum atomic E-state index is 12.5. The lowest BCUT2D eigenvalue weighted by Crippen LogP contribution is -2.12. The lowest BCUT2D eigenvalue weighted by atomic mass is 10.0. The minimum Gasteiger partial charge on any atom is -0.323 e. The summed E-state index contributed by atoms with van der Waals surface area (Å²) < 4.78 is 39.9. The SMILES string of the molecule is NC(Cc1ccc(C(F)(F)F)cc1)c1cc2sccc2s1. The molecule has 0 aliphatic heterocycles. The van der Waals surface area contributed by atoms with Crippen LogP contribution in [0.3, 0.4) is 0 Å². The number of benzene rings is 1. The van der Waals surface area contributed by atoms with Crippen LogP contribution in [-0.2, 0) is 12.6 Å². The van der Waals surface area contributed by atoms with Crippen molar-refractivity contribution in [3.63, 3.8) is 0 Å². The molecule has 3 rings (SSSR count). The number of fused-ring (bicyclic) bond motifs is 1. The zero-order valence-corrected chi connectivity index (χ0v) is 12.5. The molecule has 2 aromatic heterocycles. The normalized spacial score (nSPS) is 13.7. The molecule has 1 aromatic carbocycles. The first-order valence-corrected chi connectivity index (χ1v) is 8.02. The number of alkyl halides is 3. The molecule has 6 heteroatoms. The molecule has 0 fully saturated rings. The van der Waals surface area contributed by atoms with E-state index in [2.05, 4.69) is 12.1 Å². The highest BCUT2D eigenvalue weighted by molar-refractivity contribution is 7.26. The van der Waals surface area contributed by atoms with Gasteiger partial charge < -0.3 is 5.73 Å². The van der Waals surface area contributed by atoms with Gasteiger partial charge in [0, 0.05) is 20.3 Å². The summed E-state index contributed by atoms with van der Waals surface area (Å²) in [7, 11) is 0. The standard InChI is InChI=1S/C15H12F3NS2/c16-15(17,18)10-3-1-9(2-4-10)7-11(19)13-8-14-12(21-13)5-6-20-14/h1-6,8,11H,7,19H2. The predicted molar refractivity (Wildman–Crippen MR) is 81.8 cm³/mol. The molecule has 0 saturated heterocycles. The van der Waals surface area contributed by atoms with Gasteiger partial charge in [0.2, 0.25) is 0 Å². The molecular weight excluding hydrogens is 315 g/mol. The van der Waals surface area contributed by atoms with E-state index in [0.717, 1.165) is 22.6 Å². The zero-order valence-electron chi connectivity index (χ0n) is 10.9. The molecule has 2 heterocycles. The second-order valence-corrected chi connectivity index (χ2v) is 6.87. The van der Waals surface area contributed by atoms with Crippen molar-refractivity contribution in [3.8, 4) is 0 Å². The second-order valence-electron chi connectivity index (χ2n) is 4.80. The summed E-state index contributed by atoms with van der Waals surface area (Å²) in [5, 5.41) is 2.03. The Balaban J connectivity index is 1.75. The van der Waals surface area contributed by atoms with Crippen LogP contribution in [0.5, 0.6) is 0 Å². The van der Waals surface area contributed by atoms with Crippen LogP contribution >= 0.6 is 22.7 Å². The average molecular weight is 327 g/mol. The Bertz CT molecular complexity index is 712. The molecule has 0 bridgehead atoms. The quantitative estimate of drug-likeness (QED) is 0.701. The Hall–Kier alpha value is -1.37. The van der Waals surface area contributed by atoms with Crippen LogP contribution in [0.25, 0.3) is 9.40 Å². The van der Waals surface area contributed by atoms with Crippen LogP contribution in [-0.4, -0.2) is 0 Å². The van der Waals surface area contributed by atoms with Crippen molar-refractivity contribution >= 4 is 32.1 Å². The first-order valence-electron chi connectivity index (χ1n) is 6.32. The van der Waals surface area contributed by atoms with Gasteiger partial charge in [0.05, 0.1) is 5.56 Å². The summed E-state index contributed by atoms with van der Waals surface area (Å²) in [6.07, 6.45) is -3.76. The number of thiophene rings is 2. The summed E-state index contributed by atoms with van der Waals surface area (Å²) in [5.74, 6) is 0. The minimum atomic E-state index is -4.29. The topological polar surface area (TPSA) is 26.0 Å². The zero-order chi connectivity index (χ0) is 15.0. The largest absolute Gasteiger partial charge is 0.416 e. The van der Waals surface area contributed by atoms with Gasteiger partial charge in [0.25, 0.3) is 0 Å². The van der Waals surface area contributed by atoms with E-state index in [-0.39, 0.29) is 6.04 Å². The Morgan fingerprint density at radius 3 is 2.38 bits per heavy atom. The molecule has 1 nitrogen and oxygen atoms in total. The molecule has 0 aliphatic carbocycles. The van der Waals surface area contributed by atoms with E-state index in [1.54, 1.807) is 22.7 Å². The summed E-state index contributed by atoms with van der Waals surface area (Å²) in [6.45, 7) is 0. The maximum absolute atomic E-state index is 12.5. The molecule has 3 aromatic rings. The fourth-order valence-electron chi connectivity index (χ4n) is 2.15. The van der Waals surface area contributed by atoms with E-state index in [0.29, 0.717) is 6.42 Å². The fraction of sp³-hybridized carbons (Fsp3) is 0.200. The van der Waals surface area contributed by atoms with Gasteiger partial charge in [0.15, 0.2) is 0 Å². The van der Waals surface area contributed by atoms with Crippen molar-refractivity contribution in [2.45, 2.75) is 18.6 Å². The molecule has 110 valence electrons. The highest BCUT2D eigenvalue weighted by atomic mass is 32.1. The van der Waals surface area contributed by atoms with E-state index >= 15 is 0 Å². The van der Waals surface area contributed by atoms with Gasteiger partial charge in [-0.15, -0.1) is 22.7 Å². The number of rotatable bonds is 3. The third kappa shape index (κ3) is 3.12. The maximum Gasteiger partial charge on any atom is 0.416 e. The van der Waals surface area contributed by atoms with Gasteiger partial charge in [-0.05, 0) is 41.6 Å². The number of hydrogen-bond donors (Lipinski definition) is 1. The summed E-state index contributed by atoms with van der Waals surface area (Å²) in [4.78, 5) is 1.07. The van der Waals surface area contributed by atoms with Crippen molar-refractivity contribution in [2.75, 3.05) is 0 Å². The summed E-state index contributed by atoms with van der Waals surface area (Å²) >= 11 is 3.31. The van der Waals surface area contributed by atoms with Gasteiger partial charge in [-0.25, -0.2) is 0 Å². The molecule has 1 unspecified atom stereocenters. The van der Waals surface area contributed by atoms with Crippen molar-refractivity contribution < 1.29 is 13.2 Å². The Morgan fingerprint density at radius 2 is 1.76 bits per heavy atom. The Labute approximate surface area is 127 Å². The van der Waals surface area contributed by atoms with E-state index in [1.807, 2.05) is 5.38 Å². The average Bonchev–Trinajstić information content (AvgIpc) is 2.98. The van der Waals surface area contributed by atoms with Gasteiger partial charge in [-0.1, -0.05) is 12.1 Å². The molecule has 0 amide bonds. The first kappa shape index (κ1) is 14.6. The number of nitrogens with two attached hydrogens (primary N) is 1. The molecule has 0 spiro atoms. The fourth-order valence-corrected chi connectivity index (χ4v) is 4.27. The summed E-state index contributed by atoms with van der Waals surface area (Å²) in [6, 6.07) is 9.14. The summed E-state index contributed by atoms with van der Waals surface area (Å²) in [5.41, 5.74) is 6.35. The lowest BCUT2D eigenvalue weighted by molar-refractivity contribution is -0.137. The van der Waals surface area contributed by atoms with Gasteiger partial charge in [0.1, 0.15) is 0 Å². The van der Waals surface area contributed by atoms with Crippen LogP contribution in [0.4, 0.5) is 13.2 Å². The van der Waals surface area contributed by atoms with E-state index in [9.17, 15) is 13.2 Å². The van der Waals surface area contributed by atoms with Crippen LogP contribution in [0.2, 0.25) is 0 Å². The molecule has 2 N–H and O–H groups in total. The van der Waals surface area contributed by atoms with Crippen LogP contribution < -0.4 is 5.73 Å². The highest BCUT2D eigenvalue weighted by Crippen LogP contribution is 2.34. The van der Waals surface area contributed by atoms with E-state index in [1.165, 1.54) is 21.5 Å². The Morgan fingerprint density at radius 1 is 1.05 bits per heavy atom. The molecule has 1 atom stereocenters. The molecular formula is C15H12F3NS2. The van der Waals surface area contributed by atoms with Gasteiger partial charge in [-0.3, -0.25) is 0 Å². The molecule has 21 heavy (non-hydrogen) atoms. The minimum absolute atomic E-state index is 0.189. The predicted octanol–water partition coefficient (Wildman–Crippen LogP) is 5.22. The lowest BCUT2D eigenvalue weighted by Gasteiger charge is -2.11. The number of halogens is 3. The number of hydrogen-bond acceptors (Lipinski definition) is 3. The van der Waals surface area contributed by atoms with Crippen LogP contribution in [0.1, 0.15) is 22.0 Å². The molecule has 0 saturated carbocycles. The first-order chi connectivity index (χ1) is 9.93. The second kappa shape index (κ2) is 5.44. The van der Waals surface area contributed by atoms with Crippen molar-refractivity contribution in [1.29, 1.82) is 0 Å². The molecule has 0 radical (unpaired) electrons. The van der Waals surface area contributed by atoms with Crippen LogP contribution in [0.15, 0.2) is 41.8 Å². The monoisotopic (exact) mass is 327 g/mol. The highest BCUT2D eigenvalue weighted by Gasteiger charge is 2.29. The molecule has 0 aliphatic rings. The van der Waals surface area contributed by atoms with Crippen LogP contribution in [0, 0.1) is 0 Å². The van der Waals surface area contributed by atoms with E-state index < -0.39 is 11.7 Å². The third-order valence-corrected chi connectivity index (χ3v) is 5.49. The Kier molecular flexibility index (Phi) is 3.77. The van der Waals surface area contributed by atoms with Gasteiger partial charge >= 0.3 is 6.18 Å². The van der Waals surface area contributed by atoms with Crippen molar-refractivity contribution in [2.24, 2.45) is 5.73 Å². The third-order valence-electron chi connectivity index (χ3n) is 3.26. The van der Waals surface area contributed by atoms with Crippen molar-refractivity contribution in [1.82, 2.24) is 0 Å². The van der Waals surface area contributed by atoms with E-state index in [4.69, 9.17) is 5.73 Å². The van der Waals surface area contributed by atoms with Crippen molar-refractivity contribution in [3.05, 3.63) is 57.8 Å². The van der Waals surface area contributed by atoms with Gasteiger partial charge in [-0.2, -0.15) is 13.2 Å².